The number of anilines is 1. The third-order valence-electron chi connectivity index (χ3n) is 3.98. The third kappa shape index (κ3) is 3.20. The van der Waals surface area contributed by atoms with Crippen molar-refractivity contribution in [2.75, 3.05) is 12.4 Å². The van der Waals surface area contributed by atoms with Gasteiger partial charge in [0.2, 0.25) is 5.91 Å². The van der Waals surface area contributed by atoms with E-state index in [1.165, 1.54) is 18.4 Å². The van der Waals surface area contributed by atoms with Crippen LogP contribution in [0.5, 0.6) is 0 Å². The number of thiophene rings is 1. The van der Waals surface area contributed by atoms with Gasteiger partial charge in [0.05, 0.1) is 12.8 Å². The van der Waals surface area contributed by atoms with Crippen LogP contribution < -0.4 is 5.32 Å². The molecule has 110 valence electrons. The molecule has 1 fully saturated rings. The fourth-order valence-electron chi connectivity index (χ4n) is 2.59. The highest BCUT2D eigenvalue weighted by molar-refractivity contribution is 7.12. The van der Waals surface area contributed by atoms with E-state index in [2.05, 4.69) is 12.2 Å². The van der Waals surface area contributed by atoms with Gasteiger partial charge >= 0.3 is 5.97 Å². The summed E-state index contributed by atoms with van der Waals surface area (Å²) in [7, 11) is 1.35. The smallest absolute Gasteiger partial charge is 0.350 e. The van der Waals surface area contributed by atoms with E-state index < -0.39 is 5.97 Å². The molecule has 0 atom stereocenters. The fourth-order valence-corrected chi connectivity index (χ4v) is 3.51. The summed E-state index contributed by atoms with van der Waals surface area (Å²) in [4.78, 5) is 24.5. The first-order valence-corrected chi connectivity index (χ1v) is 7.88. The average Bonchev–Trinajstić information content (AvgIpc) is 2.80. The van der Waals surface area contributed by atoms with Crippen LogP contribution in [0, 0.1) is 18.8 Å². The van der Waals surface area contributed by atoms with Crippen LogP contribution >= 0.6 is 11.3 Å². The second kappa shape index (κ2) is 6.39. The molecule has 1 aromatic heterocycles. The van der Waals surface area contributed by atoms with Crippen molar-refractivity contribution in [2.24, 2.45) is 11.8 Å². The first-order valence-electron chi connectivity index (χ1n) is 7.00. The lowest BCUT2D eigenvalue weighted by molar-refractivity contribution is -0.121. The fraction of sp³-hybridized carbons (Fsp3) is 0.600. The van der Waals surface area contributed by atoms with Gasteiger partial charge in [-0.2, -0.15) is 0 Å². The molecule has 20 heavy (non-hydrogen) atoms. The summed E-state index contributed by atoms with van der Waals surface area (Å²) in [6, 6.07) is 0. The van der Waals surface area contributed by atoms with Gasteiger partial charge in [-0.15, -0.1) is 11.3 Å². The van der Waals surface area contributed by atoms with E-state index >= 15 is 0 Å². The van der Waals surface area contributed by atoms with Crippen LogP contribution in [0.2, 0.25) is 0 Å². The quantitative estimate of drug-likeness (QED) is 0.867. The Bertz CT molecular complexity index is 501. The van der Waals surface area contributed by atoms with Crippen LogP contribution in [0.15, 0.2) is 5.38 Å². The number of ether oxygens (including phenoxy) is 1. The van der Waals surface area contributed by atoms with E-state index in [4.69, 9.17) is 4.74 Å². The largest absolute Gasteiger partial charge is 0.465 e. The van der Waals surface area contributed by atoms with Crippen LogP contribution in [0.3, 0.4) is 0 Å². The zero-order valence-electron chi connectivity index (χ0n) is 12.2. The summed E-state index contributed by atoms with van der Waals surface area (Å²) in [6.45, 7) is 4.12. The first kappa shape index (κ1) is 15.0. The van der Waals surface area contributed by atoms with Gasteiger partial charge in [0.25, 0.3) is 0 Å². The summed E-state index contributed by atoms with van der Waals surface area (Å²) in [5, 5.41) is 4.80. The molecule has 1 aliphatic rings. The van der Waals surface area contributed by atoms with Crippen LogP contribution in [-0.2, 0) is 9.53 Å². The Balaban J connectivity index is 2.08. The minimum Gasteiger partial charge on any atom is -0.465 e. The number of rotatable bonds is 3. The molecule has 1 aliphatic carbocycles. The molecule has 0 radical (unpaired) electrons. The summed E-state index contributed by atoms with van der Waals surface area (Å²) >= 11 is 1.31. The highest BCUT2D eigenvalue weighted by atomic mass is 32.1. The zero-order valence-corrected chi connectivity index (χ0v) is 13.0. The van der Waals surface area contributed by atoms with Crippen molar-refractivity contribution in [3.05, 3.63) is 15.8 Å². The second-order valence-corrected chi connectivity index (χ2v) is 6.44. The monoisotopic (exact) mass is 295 g/mol. The highest BCUT2D eigenvalue weighted by Crippen LogP contribution is 2.32. The van der Waals surface area contributed by atoms with E-state index in [0.29, 0.717) is 16.5 Å². The van der Waals surface area contributed by atoms with E-state index in [1.807, 2.05) is 12.3 Å². The predicted molar refractivity (Wildman–Crippen MR) is 80.1 cm³/mol. The Morgan fingerprint density at radius 3 is 2.55 bits per heavy atom. The molecule has 0 aromatic carbocycles. The third-order valence-corrected chi connectivity index (χ3v) is 5.06. The molecule has 1 saturated carbocycles. The molecule has 1 amide bonds. The van der Waals surface area contributed by atoms with Crippen molar-refractivity contribution in [2.45, 2.75) is 39.5 Å². The lowest BCUT2D eigenvalue weighted by atomic mass is 9.82. The van der Waals surface area contributed by atoms with Crippen molar-refractivity contribution >= 4 is 28.9 Å². The summed E-state index contributed by atoms with van der Waals surface area (Å²) in [5.41, 5.74) is 1.53. The van der Waals surface area contributed by atoms with Gasteiger partial charge in [-0.1, -0.05) is 6.92 Å². The number of methoxy groups -OCH3 is 1. The maximum Gasteiger partial charge on any atom is 0.350 e. The van der Waals surface area contributed by atoms with Crippen LogP contribution in [-0.4, -0.2) is 19.0 Å². The van der Waals surface area contributed by atoms with Gasteiger partial charge in [-0.3, -0.25) is 4.79 Å². The van der Waals surface area contributed by atoms with Crippen molar-refractivity contribution in [1.82, 2.24) is 0 Å². The van der Waals surface area contributed by atoms with Crippen LogP contribution in [0.4, 0.5) is 5.69 Å². The van der Waals surface area contributed by atoms with Crippen molar-refractivity contribution in [1.29, 1.82) is 0 Å². The van der Waals surface area contributed by atoms with Crippen molar-refractivity contribution < 1.29 is 14.3 Å². The van der Waals surface area contributed by atoms with Gasteiger partial charge in [-0.25, -0.2) is 4.79 Å². The van der Waals surface area contributed by atoms with Crippen molar-refractivity contribution in [3.63, 3.8) is 0 Å². The number of aryl methyl sites for hydroxylation is 1. The molecular formula is C15H21NO3S. The summed E-state index contributed by atoms with van der Waals surface area (Å²) in [6.07, 6.45) is 4.07. The summed E-state index contributed by atoms with van der Waals surface area (Å²) in [5.74, 6) is 0.419. The molecule has 1 heterocycles. The minimum absolute atomic E-state index is 0.0311. The van der Waals surface area contributed by atoms with E-state index in [0.717, 1.165) is 31.2 Å². The van der Waals surface area contributed by atoms with E-state index in [9.17, 15) is 9.59 Å². The minimum atomic E-state index is -0.393. The predicted octanol–water partition coefficient (Wildman–Crippen LogP) is 3.61. The molecule has 5 heteroatoms. The van der Waals surface area contributed by atoms with E-state index in [-0.39, 0.29) is 11.8 Å². The Hall–Kier alpha value is -1.36. The standard InChI is InChI=1S/C15H21NO3S/c1-9-4-6-11(7-5-9)14(17)16-12-10(2)8-20-13(12)15(18)19-3/h8-9,11H,4-7H2,1-3H3,(H,16,17). The van der Waals surface area contributed by atoms with Crippen LogP contribution in [0.1, 0.15) is 47.8 Å². The second-order valence-electron chi connectivity index (χ2n) is 5.56. The lowest BCUT2D eigenvalue weighted by Crippen LogP contribution is -2.27. The number of esters is 1. The Labute approximate surface area is 123 Å². The molecule has 4 nitrogen and oxygen atoms in total. The average molecular weight is 295 g/mol. The molecule has 2 rings (SSSR count). The van der Waals surface area contributed by atoms with Gasteiger partial charge in [0.1, 0.15) is 4.88 Å². The van der Waals surface area contributed by atoms with Gasteiger partial charge in [0.15, 0.2) is 0 Å². The number of carbonyl (C=O) groups is 2. The molecular weight excluding hydrogens is 274 g/mol. The van der Waals surface area contributed by atoms with Crippen LogP contribution in [0.25, 0.3) is 0 Å². The number of hydrogen-bond donors (Lipinski definition) is 1. The normalized spacial score (nSPS) is 22.4. The van der Waals surface area contributed by atoms with Crippen molar-refractivity contribution in [3.8, 4) is 0 Å². The number of nitrogens with one attached hydrogen (secondary N) is 1. The molecule has 0 unspecified atom stereocenters. The molecule has 0 aliphatic heterocycles. The number of amides is 1. The molecule has 0 bridgehead atoms. The molecule has 0 saturated heterocycles. The first-order chi connectivity index (χ1) is 9.52. The Kier molecular flexibility index (Phi) is 4.81. The highest BCUT2D eigenvalue weighted by Gasteiger charge is 2.26. The topological polar surface area (TPSA) is 55.4 Å². The zero-order chi connectivity index (χ0) is 14.7. The van der Waals surface area contributed by atoms with E-state index in [1.54, 1.807) is 0 Å². The maximum absolute atomic E-state index is 12.3. The lowest BCUT2D eigenvalue weighted by Gasteiger charge is -2.25. The number of carbonyl (C=O) groups excluding carboxylic acids is 2. The SMILES string of the molecule is COC(=O)c1scc(C)c1NC(=O)C1CCC(C)CC1. The van der Waals surface area contributed by atoms with Gasteiger partial charge in [0, 0.05) is 5.92 Å². The molecule has 0 spiro atoms. The van der Waals surface area contributed by atoms with Gasteiger partial charge in [-0.05, 0) is 49.5 Å². The van der Waals surface area contributed by atoms with Gasteiger partial charge < -0.3 is 10.1 Å². The molecule has 1 aromatic rings. The maximum atomic E-state index is 12.3. The Morgan fingerprint density at radius 2 is 1.95 bits per heavy atom. The number of hydrogen-bond acceptors (Lipinski definition) is 4. The summed E-state index contributed by atoms with van der Waals surface area (Å²) < 4.78 is 4.75. The Morgan fingerprint density at radius 1 is 1.30 bits per heavy atom. The molecule has 1 N–H and O–H groups in total.